The van der Waals surface area contributed by atoms with Crippen LogP contribution in [0.25, 0.3) is 0 Å². The lowest BCUT2D eigenvalue weighted by molar-refractivity contribution is -0.140. The van der Waals surface area contributed by atoms with Crippen LogP contribution in [0.15, 0.2) is 0 Å². The number of hydrogen-bond acceptors (Lipinski definition) is 3. The van der Waals surface area contributed by atoms with Crippen molar-refractivity contribution in [2.75, 3.05) is 5.75 Å². The van der Waals surface area contributed by atoms with Gasteiger partial charge in [-0.1, -0.05) is 20.8 Å². The quantitative estimate of drug-likeness (QED) is 0.714. The van der Waals surface area contributed by atoms with Gasteiger partial charge in [-0.2, -0.15) is 0 Å². The maximum Gasteiger partial charge on any atom is 0.243 e. The Balaban J connectivity index is 2.59. The summed E-state index contributed by atoms with van der Waals surface area (Å²) in [5, 5.41) is -0.158. The van der Waals surface area contributed by atoms with Crippen molar-refractivity contribution >= 4 is 23.6 Å². The monoisotopic (exact) mass is 243 g/mol. The van der Waals surface area contributed by atoms with Crippen molar-refractivity contribution in [3.8, 4) is 0 Å². The minimum atomic E-state index is -0.158. The van der Waals surface area contributed by atoms with E-state index in [2.05, 4.69) is 20.8 Å². The van der Waals surface area contributed by atoms with Gasteiger partial charge in [-0.05, 0) is 25.0 Å². The molecule has 1 unspecified atom stereocenters. The predicted octanol–water partition coefficient (Wildman–Crippen LogP) is 2.30. The number of amides is 2. The van der Waals surface area contributed by atoms with Crippen LogP contribution in [0.5, 0.6) is 0 Å². The molecule has 1 saturated heterocycles. The average molecular weight is 243 g/mol. The lowest BCUT2D eigenvalue weighted by atomic mass is 10.0. The summed E-state index contributed by atoms with van der Waals surface area (Å²) in [5.74, 6) is 0.878. The first-order valence-corrected chi connectivity index (χ1v) is 6.75. The van der Waals surface area contributed by atoms with Crippen molar-refractivity contribution in [2.45, 2.75) is 52.3 Å². The molecule has 92 valence electrons. The van der Waals surface area contributed by atoms with Crippen molar-refractivity contribution in [3.63, 3.8) is 0 Å². The van der Waals surface area contributed by atoms with E-state index in [0.29, 0.717) is 6.42 Å². The van der Waals surface area contributed by atoms with Crippen LogP contribution in [0.3, 0.4) is 0 Å². The molecule has 1 atom stereocenters. The zero-order valence-corrected chi connectivity index (χ0v) is 11.6. The van der Waals surface area contributed by atoms with Crippen LogP contribution in [0.4, 0.5) is 0 Å². The minimum absolute atomic E-state index is 0.00532. The Morgan fingerprint density at radius 1 is 1.38 bits per heavy atom. The molecule has 0 aromatic carbocycles. The molecular weight excluding hydrogens is 222 g/mol. The van der Waals surface area contributed by atoms with E-state index in [1.165, 1.54) is 4.90 Å². The highest BCUT2D eigenvalue weighted by atomic mass is 32.2. The number of thioether (sulfide) groups is 1. The molecule has 2 amide bonds. The van der Waals surface area contributed by atoms with Gasteiger partial charge in [0, 0.05) is 12.5 Å². The first-order valence-electron chi connectivity index (χ1n) is 5.70. The summed E-state index contributed by atoms with van der Waals surface area (Å²) in [6.07, 6.45) is 0.373. The predicted molar refractivity (Wildman–Crippen MR) is 67.3 cm³/mol. The van der Waals surface area contributed by atoms with Gasteiger partial charge in [-0.15, -0.1) is 11.8 Å². The number of hydrogen-bond donors (Lipinski definition) is 0. The number of carbonyl (C=O) groups excluding carboxylic acids is 2. The van der Waals surface area contributed by atoms with E-state index < -0.39 is 0 Å². The van der Waals surface area contributed by atoms with Gasteiger partial charge in [-0.3, -0.25) is 14.5 Å². The molecule has 1 fully saturated rings. The lowest BCUT2D eigenvalue weighted by Gasteiger charge is -2.21. The summed E-state index contributed by atoms with van der Waals surface area (Å²) in [5.41, 5.74) is 0.194. The first kappa shape index (κ1) is 13.6. The SMILES string of the molecule is CC(C)N1C(=O)CC(SCC(C)(C)C)C1=O. The molecular formula is C12H21NO2S. The normalized spacial score (nSPS) is 22.4. The van der Waals surface area contributed by atoms with Gasteiger partial charge in [-0.25, -0.2) is 0 Å². The molecule has 0 aliphatic carbocycles. The minimum Gasteiger partial charge on any atom is -0.279 e. The van der Waals surface area contributed by atoms with E-state index in [1.807, 2.05) is 13.8 Å². The van der Waals surface area contributed by atoms with Crippen molar-refractivity contribution in [1.29, 1.82) is 0 Å². The zero-order valence-electron chi connectivity index (χ0n) is 10.7. The van der Waals surface area contributed by atoms with E-state index in [-0.39, 0.29) is 28.5 Å². The van der Waals surface area contributed by atoms with Gasteiger partial charge in [0.1, 0.15) is 0 Å². The Morgan fingerprint density at radius 3 is 2.31 bits per heavy atom. The molecule has 1 rings (SSSR count). The maximum absolute atomic E-state index is 12.0. The Morgan fingerprint density at radius 2 is 1.94 bits per heavy atom. The number of nitrogens with zero attached hydrogens (tertiary/aromatic N) is 1. The Hall–Kier alpha value is -0.510. The van der Waals surface area contributed by atoms with Crippen molar-refractivity contribution in [1.82, 2.24) is 4.90 Å². The van der Waals surface area contributed by atoms with E-state index in [4.69, 9.17) is 0 Å². The molecule has 0 radical (unpaired) electrons. The van der Waals surface area contributed by atoms with Crippen LogP contribution in [0.2, 0.25) is 0 Å². The van der Waals surface area contributed by atoms with Gasteiger partial charge in [0.2, 0.25) is 11.8 Å². The second-order valence-corrected chi connectivity index (χ2v) is 6.95. The van der Waals surface area contributed by atoms with Crippen LogP contribution >= 0.6 is 11.8 Å². The molecule has 1 aliphatic heterocycles. The van der Waals surface area contributed by atoms with Crippen LogP contribution < -0.4 is 0 Å². The maximum atomic E-state index is 12.0. The van der Waals surface area contributed by atoms with Crippen molar-refractivity contribution in [3.05, 3.63) is 0 Å². The molecule has 4 heteroatoms. The van der Waals surface area contributed by atoms with E-state index in [1.54, 1.807) is 11.8 Å². The Labute approximate surface area is 102 Å². The highest BCUT2D eigenvalue weighted by molar-refractivity contribution is 8.00. The van der Waals surface area contributed by atoms with Crippen molar-refractivity contribution in [2.24, 2.45) is 5.41 Å². The summed E-state index contributed by atoms with van der Waals surface area (Å²) in [6.45, 7) is 10.2. The van der Waals surface area contributed by atoms with Crippen LogP contribution in [0, 0.1) is 5.41 Å². The molecule has 3 nitrogen and oxygen atoms in total. The fourth-order valence-electron chi connectivity index (χ4n) is 1.65. The summed E-state index contributed by atoms with van der Waals surface area (Å²) >= 11 is 1.61. The second-order valence-electron chi connectivity index (χ2n) is 5.76. The average Bonchev–Trinajstić information content (AvgIpc) is 2.36. The first-order chi connectivity index (χ1) is 7.22. The van der Waals surface area contributed by atoms with E-state index in [9.17, 15) is 9.59 Å². The summed E-state index contributed by atoms with van der Waals surface area (Å²) in [6, 6.07) is -0.0137. The van der Waals surface area contributed by atoms with Crippen LogP contribution in [0.1, 0.15) is 41.0 Å². The largest absolute Gasteiger partial charge is 0.279 e. The third-order valence-corrected chi connectivity index (χ3v) is 4.18. The van der Waals surface area contributed by atoms with Gasteiger partial charge in [0.25, 0.3) is 0 Å². The molecule has 0 saturated carbocycles. The highest BCUT2D eigenvalue weighted by Crippen LogP contribution is 2.31. The standard InChI is InChI=1S/C12H21NO2S/c1-8(2)13-10(14)6-9(11(13)15)16-7-12(3,4)5/h8-9H,6-7H2,1-5H3. The zero-order chi connectivity index (χ0) is 12.5. The van der Waals surface area contributed by atoms with Gasteiger partial charge in [0.15, 0.2) is 0 Å². The van der Waals surface area contributed by atoms with Gasteiger partial charge < -0.3 is 0 Å². The smallest absolute Gasteiger partial charge is 0.243 e. The molecule has 1 heterocycles. The molecule has 0 bridgehead atoms. The van der Waals surface area contributed by atoms with E-state index >= 15 is 0 Å². The second kappa shape index (κ2) is 4.78. The summed E-state index contributed by atoms with van der Waals surface area (Å²) < 4.78 is 0. The van der Waals surface area contributed by atoms with E-state index in [0.717, 1.165) is 5.75 Å². The fourth-order valence-corrected chi connectivity index (χ4v) is 2.86. The number of imide groups is 1. The summed E-state index contributed by atoms with van der Waals surface area (Å²) in [7, 11) is 0. The van der Waals surface area contributed by atoms with Crippen molar-refractivity contribution < 1.29 is 9.59 Å². The fraction of sp³-hybridized carbons (Fsp3) is 0.833. The van der Waals surface area contributed by atoms with Gasteiger partial charge >= 0.3 is 0 Å². The molecule has 0 aromatic heterocycles. The molecule has 0 aromatic rings. The lowest BCUT2D eigenvalue weighted by Crippen LogP contribution is -2.37. The molecule has 0 N–H and O–H groups in total. The Bertz CT molecular complexity index is 294. The topological polar surface area (TPSA) is 37.4 Å². The molecule has 0 spiro atoms. The Kier molecular flexibility index (Phi) is 4.05. The van der Waals surface area contributed by atoms with Crippen LogP contribution in [-0.4, -0.2) is 33.8 Å². The highest BCUT2D eigenvalue weighted by Gasteiger charge is 2.40. The molecule has 16 heavy (non-hydrogen) atoms. The third-order valence-electron chi connectivity index (χ3n) is 2.38. The number of rotatable bonds is 3. The number of likely N-dealkylation sites (tertiary alicyclic amines) is 1. The summed E-state index contributed by atoms with van der Waals surface area (Å²) in [4.78, 5) is 25.0. The molecule has 1 aliphatic rings. The van der Waals surface area contributed by atoms with Gasteiger partial charge in [0.05, 0.1) is 5.25 Å². The third kappa shape index (κ3) is 3.24. The number of carbonyl (C=O) groups is 2. The van der Waals surface area contributed by atoms with Crippen LogP contribution in [-0.2, 0) is 9.59 Å².